The molecule has 0 atom stereocenters. The lowest BCUT2D eigenvalue weighted by molar-refractivity contribution is 0.354. The number of likely N-dealkylation sites (tertiary alicyclic amines) is 1. The summed E-state index contributed by atoms with van der Waals surface area (Å²) in [5.41, 5.74) is 1.64. The lowest BCUT2D eigenvalue weighted by atomic mass is 9.93. The number of halogens is 1. The molecule has 1 heterocycles. The summed E-state index contributed by atoms with van der Waals surface area (Å²) in [6, 6.07) is 6.11. The zero-order valence-electron chi connectivity index (χ0n) is 16.1. The largest absolute Gasteiger partial charge is 0.493 e. The third-order valence-corrected chi connectivity index (χ3v) is 4.56. The molecule has 1 fully saturated rings. The molecule has 5 nitrogen and oxygen atoms in total. The van der Waals surface area contributed by atoms with Gasteiger partial charge in [-0.2, -0.15) is 0 Å². The lowest BCUT2D eigenvalue weighted by Gasteiger charge is -2.23. The third-order valence-electron chi connectivity index (χ3n) is 4.56. The molecule has 0 amide bonds. The Hall–Kier alpha value is -1.18. The number of aliphatic imine (C=N–C) groups is 1. The molecule has 1 aromatic rings. The summed E-state index contributed by atoms with van der Waals surface area (Å²) in [4.78, 5) is 6.78. The molecule has 0 saturated carbocycles. The molecule has 1 aliphatic heterocycles. The minimum atomic E-state index is 0. The second-order valence-electron chi connectivity index (χ2n) is 7.10. The van der Waals surface area contributed by atoms with Crippen LogP contribution in [0.3, 0.4) is 0 Å². The molecule has 1 N–H and O–H groups in total. The molecule has 6 heteroatoms. The summed E-state index contributed by atoms with van der Waals surface area (Å²) in [6.45, 7) is 7.71. The van der Waals surface area contributed by atoms with Gasteiger partial charge in [-0.3, -0.25) is 4.99 Å². The zero-order valence-corrected chi connectivity index (χ0v) is 18.4. The molecule has 25 heavy (non-hydrogen) atoms. The van der Waals surface area contributed by atoms with E-state index in [0.29, 0.717) is 5.41 Å². The van der Waals surface area contributed by atoms with Crippen LogP contribution in [0.4, 0.5) is 0 Å². The van der Waals surface area contributed by atoms with Crippen molar-refractivity contribution in [1.29, 1.82) is 0 Å². The Morgan fingerprint density at radius 1 is 1.24 bits per heavy atom. The molecule has 1 aromatic carbocycles. The highest BCUT2D eigenvalue weighted by Crippen LogP contribution is 2.29. The average Bonchev–Trinajstić information content (AvgIpc) is 2.94. The van der Waals surface area contributed by atoms with Crippen LogP contribution >= 0.6 is 24.0 Å². The minimum Gasteiger partial charge on any atom is -0.493 e. The van der Waals surface area contributed by atoms with Crippen LogP contribution in [0.2, 0.25) is 0 Å². The first kappa shape index (κ1) is 21.9. The van der Waals surface area contributed by atoms with E-state index in [4.69, 9.17) is 9.47 Å². The van der Waals surface area contributed by atoms with Crippen LogP contribution in [0.5, 0.6) is 11.5 Å². The third kappa shape index (κ3) is 6.24. The molecule has 142 valence electrons. The summed E-state index contributed by atoms with van der Waals surface area (Å²) in [6.07, 6.45) is 3.26. The van der Waals surface area contributed by atoms with Crippen LogP contribution in [-0.4, -0.2) is 51.8 Å². The van der Waals surface area contributed by atoms with Crippen LogP contribution in [0.25, 0.3) is 0 Å². The summed E-state index contributed by atoms with van der Waals surface area (Å²) >= 11 is 0. The molecule has 0 radical (unpaired) electrons. The van der Waals surface area contributed by atoms with Crippen molar-refractivity contribution >= 4 is 29.9 Å². The second kappa shape index (κ2) is 10.1. The smallest absolute Gasteiger partial charge is 0.193 e. The Morgan fingerprint density at radius 2 is 1.96 bits per heavy atom. The lowest BCUT2D eigenvalue weighted by Crippen LogP contribution is -2.41. The maximum Gasteiger partial charge on any atom is 0.193 e. The quantitative estimate of drug-likeness (QED) is 0.305. The fraction of sp³-hybridized carbons (Fsp3) is 0.632. The van der Waals surface area contributed by atoms with E-state index in [1.807, 2.05) is 13.1 Å². The predicted molar refractivity (Wildman–Crippen MR) is 115 cm³/mol. The SMILES string of the molecule is CN=C(NCCCc1ccc(OC)c(OC)c1)N1CCC(C)(C)C1.I. The number of benzene rings is 1. The van der Waals surface area contributed by atoms with E-state index < -0.39 is 0 Å². The number of hydrogen-bond acceptors (Lipinski definition) is 3. The molecule has 0 aromatic heterocycles. The Morgan fingerprint density at radius 3 is 2.52 bits per heavy atom. The number of hydrogen-bond donors (Lipinski definition) is 1. The highest BCUT2D eigenvalue weighted by Gasteiger charge is 2.30. The number of guanidine groups is 1. The highest BCUT2D eigenvalue weighted by molar-refractivity contribution is 14.0. The predicted octanol–water partition coefficient (Wildman–Crippen LogP) is 3.56. The van der Waals surface area contributed by atoms with Gasteiger partial charge < -0.3 is 19.7 Å². The number of methoxy groups -OCH3 is 2. The van der Waals surface area contributed by atoms with Gasteiger partial charge in [0, 0.05) is 26.7 Å². The van der Waals surface area contributed by atoms with E-state index in [1.54, 1.807) is 14.2 Å². The van der Waals surface area contributed by atoms with Crippen LogP contribution < -0.4 is 14.8 Å². The normalized spacial score (nSPS) is 16.4. The van der Waals surface area contributed by atoms with Crippen molar-refractivity contribution in [3.63, 3.8) is 0 Å². The van der Waals surface area contributed by atoms with Crippen molar-refractivity contribution in [1.82, 2.24) is 10.2 Å². The van der Waals surface area contributed by atoms with E-state index in [-0.39, 0.29) is 24.0 Å². The van der Waals surface area contributed by atoms with Crippen LogP contribution in [0.1, 0.15) is 32.3 Å². The van der Waals surface area contributed by atoms with E-state index >= 15 is 0 Å². The van der Waals surface area contributed by atoms with Crippen molar-refractivity contribution in [2.45, 2.75) is 33.1 Å². The van der Waals surface area contributed by atoms with Gasteiger partial charge in [-0.15, -0.1) is 24.0 Å². The van der Waals surface area contributed by atoms with Crippen LogP contribution in [0, 0.1) is 5.41 Å². The molecular weight excluding hydrogens is 429 g/mol. The maximum absolute atomic E-state index is 5.36. The van der Waals surface area contributed by atoms with Crippen molar-refractivity contribution in [3.05, 3.63) is 23.8 Å². The van der Waals surface area contributed by atoms with Gasteiger partial charge in [0.15, 0.2) is 17.5 Å². The number of nitrogens with one attached hydrogen (secondary N) is 1. The molecule has 0 bridgehead atoms. The Kier molecular flexibility index (Phi) is 8.82. The topological polar surface area (TPSA) is 46.1 Å². The number of nitrogens with zero attached hydrogens (tertiary/aromatic N) is 2. The number of ether oxygens (including phenoxy) is 2. The van der Waals surface area contributed by atoms with Gasteiger partial charge in [-0.05, 0) is 42.4 Å². The van der Waals surface area contributed by atoms with Crippen molar-refractivity contribution in [3.8, 4) is 11.5 Å². The number of aryl methyl sites for hydroxylation is 1. The number of rotatable bonds is 6. The molecule has 1 aliphatic rings. The Bertz CT molecular complexity index is 576. The minimum absolute atomic E-state index is 0. The summed E-state index contributed by atoms with van der Waals surface area (Å²) in [5.74, 6) is 2.59. The van der Waals surface area contributed by atoms with E-state index in [2.05, 4.69) is 41.2 Å². The molecule has 0 spiro atoms. The van der Waals surface area contributed by atoms with Gasteiger partial charge in [-0.25, -0.2) is 0 Å². The molecule has 0 aliphatic carbocycles. The van der Waals surface area contributed by atoms with Crippen molar-refractivity contribution < 1.29 is 9.47 Å². The summed E-state index contributed by atoms with van der Waals surface area (Å²) < 4.78 is 10.6. The van der Waals surface area contributed by atoms with Crippen LogP contribution in [-0.2, 0) is 6.42 Å². The highest BCUT2D eigenvalue weighted by atomic mass is 127. The Labute approximate surface area is 169 Å². The van der Waals surface area contributed by atoms with E-state index in [0.717, 1.165) is 49.9 Å². The molecular formula is C19H32IN3O2. The van der Waals surface area contributed by atoms with E-state index in [9.17, 15) is 0 Å². The molecule has 0 unspecified atom stereocenters. The molecule has 1 saturated heterocycles. The Balaban J connectivity index is 0.00000312. The van der Waals surface area contributed by atoms with Crippen molar-refractivity contribution in [2.24, 2.45) is 10.4 Å². The fourth-order valence-corrected chi connectivity index (χ4v) is 3.15. The second-order valence-corrected chi connectivity index (χ2v) is 7.10. The first-order chi connectivity index (χ1) is 11.5. The van der Waals surface area contributed by atoms with Crippen LogP contribution in [0.15, 0.2) is 23.2 Å². The van der Waals surface area contributed by atoms with E-state index in [1.165, 1.54) is 12.0 Å². The standard InChI is InChI=1S/C19H31N3O2.HI/c1-19(2)10-12-22(14-19)18(20-3)21-11-6-7-15-8-9-16(23-4)17(13-15)24-5;/h8-9,13H,6-7,10-12,14H2,1-5H3,(H,20,21);1H. The van der Waals surface area contributed by atoms with Gasteiger partial charge in [0.05, 0.1) is 14.2 Å². The fourth-order valence-electron chi connectivity index (χ4n) is 3.15. The first-order valence-electron chi connectivity index (χ1n) is 8.65. The first-order valence-corrected chi connectivity index (χ1v) is 8.65. The zero-order chi connectivity index (χ0) is 17.6. The van der Waals surface area contributed by atoms with Gasteiger partial charge in [0.2, 0.25) is 0 Å². The monoisotopic (exact) mass is 461 g/mol. The van der Waals surface area contributed by atoms with Gasteiger partial charge >= 0.3 is 0 Å². The van der Waals surface area contributed by atoms with Crippen molar-refractivity contribution in [2.75, 3.05) is 40.9 Å². The maximum atomic E-state index is 5.36. The molecule has 2 rings (SSSR count). The van der Waals surface area contributed by atoms with Gasteiger partial charge in [0.1, 0.15) is 0 Å². The average molecular weight is 461 g/mol. The van der Waals surface area contributed by atoms with Gasteiger partial charge in [-0.1, -0.05) is 19.9 Å². The van der Waals surface area contributed by atoms with Gasteiger partial charge in [0.25, 0.3) is 0 Å². The summed E-state index contributed by atoms with van der Waals surface area (Å²) in [7, 11) is 5.19. The summed E-state index contributed by atoms with van der Waals surface area (Å²) in [5, 5.41) is 3.49.